The molecule has 0 heterocycles. The topological polar surface area (TPSA) is 44.8 Å². The van der Waals surface area contributed by atoms with E-state index in [0.29, 0.717) is 12.0 Å². The molecule has 0 aromatic heterocycles. The summed E-state index contributed by atoms with van der Waals surface area (Å²) in [5.74, 6) is -0.274. The number of hydrogen-bond acceptors (Lipinski definition) is 4. The molecule has 0 bridgehead atoms. The van der Waals surface area contributed by atoms with Gasteiger partial charge >= 0.3 is 5.97 Å². The molecule has 104 valence electrons. The zero-order valence-electron chi connectivity index (χ0n) is 11.7. The predicted octanol–water partition coefficient (Wildman–Crippen LogP) is 2.51. The number of ether oxygens (including phenoxy) is 3. The van der Waals surface area contributed by atoms with Gasteiger partial charge in [-0.2, -0.15) is 0 Å². The molecule has 4 nitrogen and oxygen atoms in total. The molecule has 2 rings (SSSR count). The third-order valence-corrected chi connectivity index (χ3v) is 4.70. The Morgan fingerprint density at radius 1 is 1.17 bits per heavy atom. The van der Waals surface area contributed by atoms with E-state index in [1.807, 2.05) is 6.92 Å². The van der Waals surface area contributed by atoms with Crippen molar-refractivity contribution in [2.45, 2.75) is 51.2 Å². The van der Waals surface area contributed by atoms with E-state index in [9.17, 15) is 4.79 Å². The minimum atomic E-state index is -0.364. The molecule has 2 fully saturated rings. The van der Waals surface area contributed by atoms with Gasteiger partial charge in [-0.3, -0.25) is 4.79 Å². The van der Waals surface area contributed by atoms with Crippen molar-refractivity contribution in [1.29, 1.82) is 0 Å². The van der Waals surface area contributed by atoms with Gasteiger partial charge in [0.15, 0.2) is 5.79 Å². The van der Waals surface area contributed by atoms with E-state index < -0.39 is 0 Å². The summed E-state index contributed by atoms with van der Waals surface area (Å²) in [6.45, 7) is 2.34. The summed E-state index contributed by atoms with van der Waals surface area (Å²) in [6, 6.07) is 0. The Hall–Kier alpha value is -0.610. The van der Waals surface area contributed by atoms with Crippen LogP contribution in [0.4, 0.5) is 0 Å². The van der Waals surface area contributed by atoms with E-state index in [1.54, 1.807) is 14.2 Å². The van der Waals surface area contributed by atoms with Crippen LogP contribution in [0.3, 0.4) is 0 Å². The van der Waals surface area contributed by atoms with Crippen molar-refractivity contribution in [3.63, 3.8) is 0 Å². The smallest absolute Gasteiger partial charge is 0.308 e. The van der Waals surface area contributed by atoms with Crippen LogP contribution in [-0.4, -0.2) is 32.6 Å². The van der Waals surface area contributed by atoms with E-state index >= 15 is 0 Å². The Bertz CT molecular complexity index is 291. The third kappa shape index (κ3) is 2.41. The Morgan fingerprint density at radius 2 is 1.72 bits per heavy atom. The quantitative estimate of drug-likeness (QED) is 0.572. The van der Waals surface area contributed by atoms with Crippen LogP contribution in [0.25, 0.3) is 0 Å². The first-order valence-electron chi connectivity index (χ1n) is 6.86. The molecule has 0 saturated heterocycles. The second-order valence-corrected chi connectivity index (χ2v) is 5.70. The minimum absolute atomic E-state index is 0.0172. The molecule has 2 aliphatic rings. The molecule has 2 saturated carbocycles. The first-order valence-corrected chi connectivity index (χ1v) is 6.86. The normalized spacial score (nSPS) is 25.7. The third-order valence-electron chi connectivity index (χ3n) is 4.70. The highest BCUT2D eigenvalue weighted by Gasteiger charge is 2.56. The lowest BCUT2D eigenvalue weighted by Crippen LogP contribution is -2.55. The van der Waals surface area contributed by atoms with Crippen molar-refractivity contribution in [2.24, 2.45) is 11.3 Å². The fourth-order valence-electron chi connectivity index (χ4n) is 3.54. The molecule has 1 spiro atoms. The maximum Gasteiger partial charge on any atom is 0.308 e. The summed E-state index contributed by atoms with van der Waals surface area (Å²) < 4.78 is 16.0. The van der Waals surface area contributed by atoms with Crippen LogP contribution >= 0.6 is 0 Å². The summed E-state index contributed by atoms with van der Waals surface area (Å²) in [5, 5.41) is 0. The SMILES string of the molecule is CCOC(=O)C1CCC2(CC1)CC(OC)(OC)C2. The molecule has 18 heavy (non-hydrogen) atoms. The van der Waals surface area contributed by atoms with Crippen molar-refractivity contribution >= 4 is 5.97 Å². The van der Waals surface area contributed by atoms with Gasteiger partial charge in [-0.25, -0.2) is 0 Å². The van der Waals surface area contributed by atoms with Crippen molar-refractivity contribution < 1.29 is 19.0 Å². The Kier molecular flexibility index (Phi) is 3.97. The van der Waals surface area contributed by atoms with Crippen LogP contribution in [0.1, 0.15) is 45.4 Å². The maximum absolute atomic E-state index is 11.7. The molecule has 0 aliphatic heterocycles. The van der Waals surface area contributed by atoms with Crippen molar-refractivity contribution in [1.82, 2.24) is 0 Å². The lowest BCUT2D eigenvalue weighted by atomic mass is 9.56. The van der Waals surface area contributed by atoms with Gasteiger partial charge in [0, 0.05) is 27.1 Å². The summed E-state index contributed by atoms with van der Waals surface area (Å²) in [6.07, 6.45) is 5.99. The second kappa shape index (κ2) is 5.17. The lowest BCUT2D eigenvalue weighted by molar-refractivity contribution is -0.303. The van der Waals surface area contributed by atoms with Gasteiger partial charge in [0.05, 0.1) is 12.5 Å². The highest BCUT2D eigenvalue weighted by Crippen LogP contribution is 2.59. The molecule has 0 atom stereocenters. The molecule has 0 unspecified atom stereocenters. The van der Waals surface area contributed by atoms with Gasteiger partial charge in [0.25, 0.3) is 0 Å². The highest BCUT2D eigenvalue weighted by molar-refractivity contribution is 5.72. The van der Waals surface area contributed by atoms with Crippen LogP contribution in [0.5, 0.6) is 0 Å². The van der Waals surface area contributed by atoms with Gasteiger partial charge < -0.3 is 14.2 Å². The Balaban J connectivity index is 1.83. The molecule has 4 heteroatoms. The van der Waals surface area contributed by atoms with Crippen LogP contribution in [0.2, 0.25) is 0 Å². The molecule has 2 aliphatic carbocycles. The zero-order valence-corrected chi connectivity index (χ0v) is 11.7. The Labute approximate surface area is 109 Å². The lowest BCUT2D eigenvalue weighted by Gasteiger charge is -2.56. The van der Waals surface area contributed by atoms with Crippen molar-refractivity contribution in [3.8, 4) is 0 Å². The van der Waals surface area contributed by atoms with Crippen LogP contribution in [-0.2, 0) is 19.0 Å². The first-order chi connectivity index (χ1) is 8.59. The van der Waals surface area contributed by atoms with Crippen molar-refractivity contribution in [2.75, 3.05) is 20.8 Å². The number of carbonyl (C=O) groups excluding carboxylic acids is 1. The number of hydrogen-bond donors (Lipinski definition) is 0. The summed E-state index contributed by atoms with van der Waals surface area (Å²) in [7, 11) is 3.42. The van der Waals surface area contributed by atoms with E-state index in [4.69, 9.17) is 14.2 Å². The van der Waals surface area contributed by atoms with Crippen molar-refractivity contribution in [3.05, 3.63) is 0 Å². The van der Waals surface area contributed by atoms with E-state index in [0.717, 1.165) is 38.5 Å². The summed E-state index contributed by atoms with van der Waals surface area (Å²) in [5.41, 5.74) is 0.342. The van der Waals surface area contributed by atoms with Crippen LogP contribution in [0, 0.1) is 11.3 Å². The second-order valence-electron chi connectivity index (χ2n) is 5.70. The summed E-state index contributed by atoms with van der Waals surface area (Å²) >= 11 is 0. The maximum atomic E-state index is 11.7. The first kappa shape index (κ1) is 13.8. The standard InChI is InChI=1S/C14H24O4/c1-4-18-12(15)11-5-7-13(8-6-11)9-14(10-13,16-2)17-3/h11H,4-10H2,1-3H3. The number of esters is 1. The fraction of sp³-hybridized carbons (Fsp3) is 0.929. The van der Waals surface area contributed by atoms with E-state index in [2.05, 4.69) is 0 Å². The number of carbonyl (C=O) groups is 1. The highest BCUT2D eigenvalue weighted by atomic mass is 16.7. The molecule has 0 N–H and O–H groups in total. The zero-order chi connectivity index (χ0) is 13.2. The molecular weight excluding hydrogens is 232 g/mol. The van der Waals surface area contributed by atoms with Gasteiger partial charge in [0.2, 0.25) is 0 Å². The molecular formula is C14H24O4. The van der Waals surface area contributed by atoms with Crippen LogP contribution < -0.4 is 0 Å². The van der Waals surface area contributed by atoms with Gasteiger partial charge in [-0.1, -0.05) is 0 Å². The fourth-order valence-corrected chi connectivity index (χ4v) is 3.54. The monoisotopic (exact) mass is 256 g/mol. The van der Waals surface area contributed by atoms with Gasteiger partial charge in [-0.05, 0) is 38.0 Å². The number of rotatable bonds is 4. The minimum Gasteiger partial charge on any atom is -0.466 e. The summed E-state index contributed by atoms with van der Waals surface area (Å²) in [4.78, 5) is 11.7. The van der Waals surface area contributed by atoms with Crippen LogP contribution in [0.15, 0.2) is 0 Å². The number of methoxy groups -OCH3 is 2. The largest absolute Gasteiger partial charge is 0.466 e. The average molecular weight is 256 g/mol. The molecule has 0 aromatic rings. The van der Waals surface area contributed by atoms with Gasteiger partial charge in [-0.15, -0.1) is 0 Å². The molecule has 0 aromatic carbocycles. The molecule has 0 amide bonds. The average Bonchev–Trinajstić information content (AvgIpc) is 2.36. The van der Waals surface area contributed by atoms with E-state index in [1.165, 1.54) is 0 Å². The predicted molar refractivity (Wildman–Crippen MR) is 67.0 cm³/mol. The van der Waals surface area contributed by atoms with E-state index in [-0.39, 0.29) is 17.7 Å². The van der Waals surface area contributed by atoms with Gasteiger partial charge in [0.1, 0.15) is 0 Å². The molecule has 0 radical (unpaired) electrons. The Morgan fingerprint density at radius 3 is 2.17 bits per heavy atom.